The predicted octanol–water partition coefficient (Wildman–Crippen LogP) is -2.12. The van der Waals surface area contributed by atoms with Gasteiger partial charge in [-0.3, -0.25) is 21.0 Å². The van der Waals surface area contributed by atoms with Crippen molar-refractivity contribution in [3.8, 4) is 0 Å². The molecule has 0 aromatic rings. The van der Waals surface area contributed by atoms with E-state index in [4.69, 9.17) is 31.5 Å². The van der Waals surface area contributed by atoms with E-state index in [1.54, 1.807) is 0 Å². The molecular weight excluding hydrogens is 96.0 g/mol. The molecule has 0 aliphatic carbocycles. The van der Waals surface area contributed by atoms with Crippen LogP contribution in [0.25, 0.3) is 0 Å². The zero-order valence-electron chi connectivity index (χ0n) is 4.61. The molecule has 6 heavy (non-hydrogen) atoms. The van der Waals surface area contributed by atoms with Crippen molar-refractivity contribution in [2.45, 2.75) is 0 Å². The van der Waals surface area contributed by atoms with E-state index in [2.05, 4.69) is 0 Å². The monoisotopic (exact) mass is 102 g/mol. The van der Waals surface area contributed by atoms with Gasteiger partial charge in [-0.2, -0.15) is 0 Å². The first-order valence-electron chi connectivity index (χ1n) is 0.567. The molecule has 0 saturated carbocycles. The van der Waals surface area contributed by atoms with Crippen LogP contribution < -0.4 is 10.5 Å². The Kier molecular flexibility index (Phi) is 3340. The van der Waals surface area contributed by atoms with Gasteiger partial charge in [-0.25, -0.2) is 0 Å². The molecule has 0 bridgehead atoms. The van der Waals surface area contributed by atoms with Gasteiger partial charge in [-0.05, 0) is 0 Å². The Morgan fingerprint density at radius 2 is 0.833 bits per heavy atom. The zero-order chi connectivity index (χ0) is 6.00. The summed E-state index contributed by atoms with van der Waals surface area (Å²) < 4.78 is 0. The Morgan fingerprint density at radius 3 is 0.833 bits per heavy atom. The highest BCUT2D eigenvalue weighted by molar-refractivity contribution is 1.83. The average Bonchev–Trinajstić information content (AvgIpc) is 1.81. The predicted molar refractivity (Wildman–Crippen MR) is 12.7 cm³/mol. The van der Waals surface area contributed by atoms with Gasteiger partial charge < -0.3 is 10.5 Å². The van der Waals surface area contributed by atoms with Crippen molar-refractivity contribution in [1.82, 2.24) is 0 Å². The van der Waals surface area contributed by atoms with Crippen molar-refractivity contribution in [3.05, 3.63) is 0 Å². The molecule has 0 atom stereocenters. The maximum absolute atomic E-state index is 7.00. The molecule has 0 aliphatic heterocycles. The summed E-state index contributed by atoms with van der Waals surface area (Å²) >= 11 is 0. The summed E-state index contributed by atoms with van der Waals surface area (Å²) in [5.74, 6) is 0. The van der Waals surface area contributed by atoms with E-state index >= 15 is 0 Å². The summed E-state index contributed by atoms with van der Waals surface area (Å²) in [5, 5.41) is 38.0. The Morgan fingerprint density at radius 1 is 0.833 bits per heavy atom. The van der Waals surface area contributed by atoms with E-state index in [1.807, 2.05) is 0 Å². The topological polar surface area (TPSA) is 127 Å². The van der Waals surface area contributed by atoms with Crippen LogP contribution in [0.15, 0.2) is 0 Å². The van der Waals surface area contributed by atoms with Gasteiger partial charge >= 0.3 is 2.85 Å². The normalized spacial score (nSPS) is 3.00. The van der Waals surface area contributed by atoms with Gasteiger partial charge in [0.15, 0.2) is 0 Å². The second kappa shape index (κ2) is 1170. The molecule has 0 aromatic carbocycles. The van der Waals surface area contributed by atoms with Gasteiger partial charge in [0.05, 0.1) is 0 Å². The molecule has 0 spiro atoms. The molecule has 0 amide bonds. The summed E-state index contributed by atoms with van der Waals surface area (Å²) in [6, 6.07) is 0. The van der Waals surface area contributed by atoms with Crippen molar-refractivity contribution in [3.63, 3.8) is 0 Å². The molecule has 6 heteroatoms. The fraction of sp³-hybridized carbons (Fsp3) is 0. The number of hydrogen-bond acceptors (Lipinski definition) is 6. The van der Waals surface area contributed by atoms with Gasteiger partial charge in [0.1, 0.15) is 0 Å². The zero-order valence-corrected chi connectivity index (χ0v) is 2.61. The lowest BCUT2D eigenvalue weighted by Gasteiger charge is -2.00. The molecule has 0 unspecified atom stereocenters. The van der Waals surface area contributed by atoms with Crippen LogP contribution in [0, 0.1) is 0 Å². The van der Waals surface area contributed by atoms with Crippen molar-refractivity contribution in [1.29, 1.82) is 0 Å². The van der Waals surface area contributed by atoms with E-state index in [9.17, 15) is 0 Å². The summed E-state index contributed by atoms with van der Waals surface area (Å²) in [4.78, 5) is 0. The second-order valence-electron chi connectivity index (χ2n) is 0. The molecule has 4 N–H and O–H groups in total. The van der Waals surface area contributed by atoms with E-state index in [0.29, 0.717) is 0 Å². The van der Waals surface area contributed by atoms with Gasteiger partial charge in [-0.1, -0.05) is 0 Å². The van der Waals surface area contributed by atoms with E-state index in [1.165, 1.54) is 0 Å². The first-order valence-corrected chi connectivity index (χ1v) is 0.567. The fourth-order valence-electron chi connectivity index (χ4n) is 0. The van der Waals surface area contributed by atoms with Crippen LogP contribution in [-0.4, -0.2) is 21.0 Å². The Bertz CT molecular complexity index is 6.49. The van der Waals surface area contributed by atoms with Gasteiger partial charge in [0.25, 0.3) is 0 Å². The highest BCUT2D eigenvalue weighted by Gasteiger charge is 0.747. The lowest BCUT2D eigenvalue weighted by atomic mass is 15.0. The van der Waals surface area contributed by atoms with Crippen LogP contribution in [0.5, 0.6) is 0 Å². The first-order chi connectivity index (χ1) is 3.00. The largest absolute Gasteiger partial charge is 1.00 e. The standard InChI is InChI=1S/2H2O2.O2/c3*1-2/h2*1-2H;/q;;-2/p+2. The molecular formula is H6O6. The van der Waals surface area contributed by atoms with Crippen LogP contribution in [0.1, 0.15) is 2.85 Å². The highest BCUT2D eigenvalue weighted by atomic mass is 17.0. The smallest absolute Gasteiger partial charge is 1.00 e. The Hall–Kier alpha value is -0.240. The van der Waals surface area contributed by atoms with Crippen molar-refractivity contribution >= 4 is 0 Å². The van der Waals surface area contributed by atoms with Crippen LogP contribution in [0.3, 0.4) is 0 Å². The van der Waals surface area contributed by atoms with E-state index < -0.39 is 0 Å². The van der Waals surface area contributed by atoms with E-state index in [0.717, 1.165) is 0 Å². The summed E-state index contributed by atoms with van der Waals surface area (Å²) in [6.07, 6.45) is 0. The first kappa shape index (κ1) is 17.1. The number of rotatable bonds is 0. The summed E-state index contributed by atoms with van der Waals surface area (Å²) in [5.41, 5.74) is 0. The molecule has 42 valence electrons. The molecule has 0 radical (unpaired) electrons. The third-order valence-electron chi connectivity index (χ3n) is 0. The van der Waals surface area contributed by atoms with Crippen LogP contribution in [-0.2, 0) is 0 Å². The fourth-order valence-corrected chi connectivity index (χ4v) is 0. The quantitative estimate of drug-likeness (QED) is 0.204. The minimum atomic E-state index is 0. The molecule has 0 aromatic heterocycles. The van der Waals surface area contributed by atoms with E-state index in [-0.39, 0.29) is 2.85 Å². The van der Waals surface area contributed by atoms with Gasteiger partial charge in [-0.15, -0.1) is 0 Å². The lowest BCUT2D eigenvalue weighted by Crippen LogP contribution is -2.19. The minimum absolute atomic E-state index is 0. The summed E-state index contributed by atoms with van der Waals surface area (Å²) in [6.45, 7) is 0. The molecule has 0 fully saturated rings. The van der Waals surface area contributed by atoms with Gasteiger partial charge in [0.2, 0.25) is 0 Å². The van der Waals surface area contributed by atoms with Crippen LogP contribution in [0.4, 0.5) is 0 Å². The second-order valence-corrected chi connectivity index (χ2v) is 0. The highest BCUT2D eigenvalue weighted by Crippen LogP contribution is 0.713. The third-order valence-corrected chi connectivity index (χ3v) is 0. The summed E-state index contributed by atoms with van der Waals surface area (Å²) in [7, 11) is 0. The molecule has 0 rings (SSSR count). The molecule has 0 aliphatic rings. The van der Waals surface area contributed by atoms with Crippen molar-refractivity contribution in [2.24, 2.45) is 0 Å². The lowest BCUT2D eigenvalue weighted by molar-refractivity contribution is -1.000. The Balaban J connectivity index is -0.00000000500. The van der Waals surface area contributed by atoms with Crippen LogP contribution >= 0.6 is 0 Å². The van der Waals surface area contributed by atoms with Crippen molar-refractivity contribution < 1.29 is 34.4 Å². The van der Waals surface area contributed by atoms with Crippen LogP contribution in [0.2, 0.25) is 0 Å². The molecule has 6 nitrogen and oxygen atoms in total. The third kappa shape index (κ3) is 497. The van der Waals surface area contributed by atoms with Crippen molar-refractivity contribution in [2.75, 3.05) is 0 Å². The maximum Gasteiger partial charge on any atom is 1.00 e. The Labute approximate surface area is 35.9 Å². The van der Waals surface area contributed by atoms with Gasteiger partial charge in [0, 0.05) is 0 Å². The average molecular weight is 102 g/mol. The minimum Gasteiger partial charge on any atom is -1.00 e. The molecule has 0 heterocycles. The number of hydrogen-bond donors (Lipinski definition) is 4. The maximum atomic E-state index is 7.00. The molecule has 0 saturated heterocycles. The SMILES string of the molecule is OO.OO.[H+].[H+].[O-][O-].